The summed E-state index contributed by atoms with van der Waals surface area (Å²) < 4.78 is 10.5. The van der Waals surface area contributed by atoms with E-state index in [1.165, 1.54) is 0 Å². The highest BCUT2D eigenvalue weighted by Crippen LogP contribution is 2.06. The summed E-state index contributed by atoms with van der Waals surface area (Å²) in [6.45, 7) is 6.42. The fraction of sp³-hybridized carbons (Fsp3) is 0.818. The maximum atomic E-state index is 5.29. The average molecular weight is 225 g/mol. The van der Waals surface area contributed by atoms with Crippen LogP contribution in [0.5, 0.6) is 0 Å². The molecule has 0 spiro atoms. The molecule has 1 aromatic heterocycles. The maximum absolute atomic E-state index is 5.29. The van der Waals surface area contributed by atoms with Crippen molar-refractivity contribution in [3.63, 3.8) is 0 Å². The fourth-order valence-corrected chi connectivity index (χ4v) is 1.74. The molecule has 1 fully saturated rings. The summed E-state index contributed by atoms with van der Waals surface area (Å²) in [6, 6.07) is 0. The van der Waals surface area contributed by atoms with E-state index in [-0.39, 0.29) is 0 Å². The zero-order valence-corrected chi connectivity index (χ0v) is 9.81. The summed E-state index contributed by atoms with van der Waals surface area (Å²) in [4.78, 5) is 6.66. The smallest absolute Gasteiger partial charge is 0.240 e. The first-order valence-electron chi connectivity index (χ1n) is 6.00. The number of hydrogen-bond donors (Lipinski definition) is 0. The molecule has 1 saturated heterocycles. The molecular formula is C11H19N3O2. The molecule has 1 aromatic rings. The molecule has 16 heavy (non-hydrogen) atoms. The molecule has 2 rings (SSSR count). The van der Waals surface area contributed by atoms with Crippen LogP contribution in [0.25, 0.3) is 0 Å². The van der Waals surface area contributed by atoms with Crippen molar-refractivity contribution < 1.29 is 9.26 Å². The quantitative estimate of drug-likeness (QED) is 0.754. The third-order valence-corrected chi connectivity index (χ3v) is 2.73. The van der Waals surface area contributed by atoms with Gasteiger partial charge in [0.05, 0.1) is 19.8 Å². The van der Waals surface area contributed by atoms with E-state index in [4.69, 9.17) is 9.26 Å². The van der Waals surface area contributed by atoms with Crippen molar-refractivity contribution in [3.05, 3.63) is 11.7 Å². The van der Waals surface area contributed by atoms with Crippen LogP contribution < -0.4 is 0 Å². The molecule has 0 aliphatic carbocycles. The molecule has 90 valence electrons. The van der Waals surface area contributed by atoms with Crippen LogP contribution in [0.2, 0.25) is 0 Å². The molecule has 0 saturated carbocycles. The Balaban J connectivity index is 1.81. The predicted octanol–water partition coefficient (Wildman–Crippen LogP) is 1.24. The Bertz CT molecular complexity index is 308. The first-order chi connectivity index (χ1) is 7.88. The molecule has 0 aromatic carbocycles. The van der Waals surface area contributed by atoms with Crippen LogP contribution in [0.4, 0.5) is 0 Å². The van der Waals surface area contributed by atoms with Gasteiger partial charge in [0.2, 0.25) is 5.89 Å². The maximum Gasteiger partial charge on any atom is 0.240 e. The van der Waals surface area contributed by atoms with Gasteiger partial charge >= 0.3 is 0 Å². The van der Waals surface area contributed by atoms with E-state index in [0.29, 0.717) is 0 Å². The molecule has 1 aliphatic heterocycles. The minimum Gasteiger partial charge on any atom is -0.379 e. The molecule has 0 amide bonds. The zero-order chi connectivity index (χ0) is 11.2. The second-order valence-electron chi connectivity index (χ2n) is 4.10. The van der Waals surface area contributed by atoms with Crippen molar-refractivity contribution in [2.75, 3.05) is 26.3 Å². The fourth-order valence-electron chi connectivity index (χ4n) is 1.74. The highest BCUT2D eigenvalue weighted by atomic mass is 16.5. The molecule has 0 unspecified atom stereocenters. The van der Waals surface area contributed by atoms with Crippen molar-refractivity contribution in [1.82, 2.24) is 15.0 Å². The van der Waals surface area contributed by atoms with Gasteiger partial charge in [-0.3, -0.25) is 4.90 Å². The van der Waals surface area contributed by atoms with Crippen molar-refractivity contribution in [2.24, 2.45) is 0 Å². The summed E-state index contributed by atoms with van der Waals surface area (Å²) in [5, 5.41) is 3.98. The number of aryl methyl sites for hydroxylation is 1. The minimum atomic E-state index is 0.730. The van der Waals surface area contributed by atoms with E-state index < -0.39 is 0 Å². The van der Waals surface area contributed by atoms with Gasteiger partial charge in [-0.1, -0.05) is 18.5 Å². The number of hydrogen-bond acceptors (Lipinski definition) is 5. The average Bonchev–Trinajstić information content (AvgIpc) is 2.75. The minimum absolute atomic E-state index is 0.730. The van der Waals surface area contributed by atoms with Crippen LogP contribution in [0.3, 0.4) is 0 Å². The Morgan fingerprint density at radius 1 is 1.31 bits per heavy atom. The Labute approximate surface area is 95.8 Å². The number of ether oxygens (including phenoxy) is 1. The lowest BCUT2D eigenvalue weighted by atomic mass is 10.2. The summed E-state index contributed by atoms with van der Waals surface area (Å²) in [6.07, 6.45) is 3.20. The number of aromatic nitrogens is 2. The molecule has 0 N–H and O–H groups in total. The summed E-state index contributed by atoms with van der Waals surface area (Å²) in [5.41, 5.74) is 0. The number of rotatable bonds is 5. The first-order valence-corrected chi connectivity index (χ1v) is 6.00. The van der Waals surface area contributed by atoms with Gasteiger partial charge in [-0.2, -0.15) is 4.98 Å². The molecule has 5 heteroatoms. The Morgan fingerprint density at radius 2 is 2.12 bits per heavy atom. The van der Waals surface area contributed by atoms with E-state index in [2.05, 4.69) is 22.0 Å². The van der Waals surface area contributed by atoms with Gasteiger partial charge in [-0.15, -0.1) is 0 Å². The summed E-state index contributed by atoms with van der Waals surface area (Å²) in [5.74, 6) is 1.57. The lowest BCUT2D eigenvalue weighted by Gasteiger charge is -2.24. The standard InChI is InChI=1S/C11H19N3O2/c1-2-3-4-10-12-11(16-13-10)9-14-5-7-15-8-6-14/h2-9H2,1H3. The highest BCUT2D eigenvalue weighted by Gasteiger charge is 2.14. The molecule has 5 nitrogen and oxygen atoms in total. The van der Waals surface area contributed by atoms with Crippen molar-refractivity contribution in [1.29, 1.82) is 0 Å². The largest absolute Gasteiger partial charge is 0.379 e. The SMILES string of the molecule is CCCCc1noc(CN2CCOCC2)n1. The van der Waals surface area contributed by atoms with Crippen molar-refractivity contribution >= 4 is 0 Å². The van der Waals surface area contributed by atoms with Gasteiger partial charge in [0.15, 0.2) is 5.82 Å². The third kappa shape index (κ3) is 3.28. The third-order valence-electron chi connectivity index (χ3n) is 2.73. The predicted molar refractivity (Wildman–Crippen MR) is 59.0 cm³/mol. The lowest BCUT2D eigenvalue weighted by molar-refractivity contribution is 0.0297. The van der Waals surface area contributed by atoms with Crippen LogP contribution >= 0.6 is 0 Å². The van der Waals surface area contributed by atoms with E-state index in [1.54, 1.807) is 0 Å². The highest BCUT2D eigenvalue weighted by molar-refractivity contribution is 4.86. The van der Waals surface area contributed by atoms with Crippen LogP contribution in [0.15, 0.2) is 4.52 Å². The van der Waals surface area contributed by atoms with E-state index in [0.717, 1.165) is 63.8 Å². The zero-order valence-electron chi connectivity index (χ0n) is 9.81. The molecule has 0 bridgehead atoms. The second kappa shape index (κ2) is 5.96. The first kappa shape index (κ1) is 11.5. The topological polar surface area (TPSA) is 51.4 Å². The van der Waals surface area contributed by atoms with E-state index in [9.17, 15) is 0 Å². The molecular weight excluding hydrogens is 206 g/mol. The monoisotopic (exact) mass is 225 g/mol. The molecule has 2 heterocycles. The van der Waals surface area contributed by atoms with Gasteiger partial charge < -0.3 is 9.26 Å². The van der Waals surface area contributed by atoms with Crippen molar-refractivity contribution in [2.45, 2.75) is 32.7 Å². The Hall–Kier alpha value is -0.940. The van der Waals surface area contributed by atoms with Gasteiger partial charge in [0, 0.05) is 19.5 Å². The van der Waals surface area contributed by atoms with Crippen LogP contribution in [0.1, 0.15) is 31.5 Å². The molecule has 1 aliphatic rings. The van der Waals surface area contributed by atoms with Gasteiger partial charge in [-0.25, -0.2) is 0 Å². The van der Waals surface area contributed by atoms with Crippen LogP contribution in [0, 0.1) is 0 Å². The van der Waals surface area contributed by atoms with Crippen molar-refractivity contribution in [3.8, 4) is 0 Å². The summed E-state index contributed by atoms with van der Waals surface area (Å²) in [7, 11) is 0. The van der Waals surface area contributed by atoms with E-state index in [1.807, 2.05) is 0 Å². The van der Waals surface area contributed by atoms with Gasteiger partial charge in [0.1, 0.15) is 0 Å². The normalized spacial score (nSPS) is 17.8. The molecule has 0 atom stereocenters. The van der Waals surface area contributed by atoms with Gasteiger partial charge in [-0.05, 0) is 6.42 Å². The second-order valence-corrected chi connectivity index (χ2v) is 4.10. The lowest BCUT2D eigenvalue weighted by Crippen LogP contribution is -2.35. The van der Waals surface area contributed by atoms with Gasteiger partial charge in [0.25, 0.3) is 0 Å². The summed E-state index contributed by atoms with van der Waals surface area (Å²) >= 11 is 0. The Kier molecular flexibility index (Phi) is 4.30. The Morgan fingerprint density at radius 3 is 2.88 bits per heavy atom. The number of nitrogens with zero attached hydrogens (tertiary/aromatic N) is 3. The van der Waals surface area contributed by atoms with Crippen LogP contribution in [-0.2, 0) is 17.7 Å². The number of unbranched alkanes of at least 4 members (excludes halogenated alkanes) is 1. The number of morpholine rings is 1. The van der Waals surface area contributed by atoms with Crippen LogP contribution in [-0.4, -0.2) is 41.3 Å². The van der Waals surface area contributed by atoms with E-state index >= 15 is 0 Å². The molecule has 0 radical (unpaired) electrons.